The Balaban J connectivity index is 1.65. The Kier molecular flexibility index (Phi) is 4.07. The molecule has 5 nitrogen and oxygen atoms in total. The predicted molar refractivity (Wildman–Crippen MR) is 86.1 cm³/mol. The summed E-state index contributed by atoms with van der Waals surface area (Å²) in [6.45, 7) is 2.98. The molecule has 6 heteroatoms. The lowest BCUT2D eigenvalue weighted by Crippen LogP contribution is -2.45. The van der Waals surface area contributed by atoms with Crippen LogP contribution >= 0.6 is 11.6 Å². The third kappa shape index (κ3) is 2.95. The topological polar surface area (TPSA) is 65.2 Å². The minimum absolute atomic E-state index is 0.0890. The number of rotatable bonds is 2. The van der Waals surface area contributed by atoms with Crippen molar-refractivity contribution in [3.8, 4) is 0 Å². The number of benzene rings is 1. The van der Waals surface area contributed by atoms with E-state index in [-0.39, 0.29) is 17.9 Å². The maximum atomic E-state index is 12.3. The van der Waals surface area contributed by atoms with Crippen molar-refractivity contribution < 1.29 is 9.59 Å². The van der Waals surface area contributed by atoms with Gasteiger partial charge in [0.2, 0.25) is 5.91 Å². The number of H-pyrrole nitrogens is 1. The summed E-state index contributed by atoms with van der Waals surface area (Å²) in [7, 11) is 0. The van der Waals surface area contributed by atoms with Crippen LogP contribution in [0.2, 0.25) is 5.02 Å². The van der Waals surface area contributed by atoms with Crippen molar-refractivity contribution in [3.63, 3.8) is 0 Å². The maximum Gasteiger partial charge on any atom is 0.251 e. The van der Waals surface area contributed by atoms with Crippen LogP contribution in [0, 0.1) is 0 Å². The van der Waals surface area contributed by atoms with Crippen molar-refractivity contribution >= 4 is 34.3 Å². The van der Waals surface area contributed by atoms with Crippen molar-refractivity contribution in [1.82, 2.24) is 15.2 Å². The van der Waals surface area contributed by atoms with Gasteiger partial charge in [0.15, 0.2) is 0 Å². The largest absolute Gasteiger partial charge is 0.360 e. The second-order valence-corrected chi connectivity index (χ2v) is 6.06. The number of aromatic amines is 1. The molecule has 1 saturated heterocycles. The molecule has 0 aliphatic carbocycles. The van der Waals surface area contributed by atoms with Crippen molar-refractivity contribution in [1.29, 1.82) is 0 Å². The van der Waals surface area contributed by atoms with E-state index in [1.807, 2.05) is 11.0 Å². The minimum atomic E-state index is -0.0890. The second-order valence-electron chi connectivity index (χ2n) is 5.65. The molecule has 0 bridgehead atoms. The molecule has 2 N–H and O–H groups in total. The number of hydrogen-bond acceptors (Lipinski definition) is 2. The Hall–Kier alpha value is -2.01. The van der Waals surface area contributed by atoms with E-state index in [2.05, 4.69) is 10.3 Å². The van der Waals surface area contributed by atoms with Crippen LogP contribution in [-0.4, -0.2) is 40.8 Å². The molecule has 0 saturated carbocycles. The number of hydrogen-bond donors (Lipinski definition) is 2. The first kappa shape index (κ1) is 14.9. The highest BCUT2D eigenvalue weighted by atomic mass is 35.5. The third-order valence-corrected chi connectivity index (χ3v) is 4.48. The fourth-order valence-corrected chi connectivity index (χ4v) is 3.06. The summed E-state index contributed by atoms with van der Waals surface area (Å²) >= 11 is 6.04. The van der Waals surface area contributed by atoms with Gasteiger partial charge >= 0.3 is 0 Å². The molecule has 1 aromatic heterocycles. The van der Waals surface area contributed by atoms with E-state index in [9.17, 15) is 9.59 Å². The molecule has 0 spiro atoms. The standard InChI is InChI=1S/C16H18ClN3O2/c1-10(21)20-6-4-12(5-7-20)19-16(22)11-2-3-13-14(17)9-18-15(13)8-11/h2-3,8-9,12,18H,4-7H2,1H3,(H,19,22). The van der Waals surface area contributed by atoms with Gasteiger partial charge in [0.1, 0.15) is 0 Å². The number of carbonyl (C=O) groups excluding carboxylic acids is 2. The first-order valence-corrected chi connectivity index (χ1v) is 7.75. The van der Waals surface area contributed by atoms with Gasteiger partial charge in [-0.3, -0.25) is 9.59 Å². The quantitative estimate of drug-likeness (QED) is 0.893. The van der Waals surface area contributed by atoms with Gasteiger partial charge in [-0.25, -0.2) is 0 Å². The van der Waals surface area contributed by atoms with E-state index in [1.54, 1.807) is 25.3 Å². The van der Waals surface area contributed by atoms with Gasteiger partial charge in [-0.05, 0) is 25.0 Å². The number of likely N-dealkylation sites (tertiary alicyclic amines) is 1. The highest BCUT2D eigenvalue weighted by molar-refractivity contribution is 6.35. The SMILES string of the molecule is CC(=O)N1CCC(NC(=O)c2ccc3c(Cl)c[nH]c3c2)CC1. The van der Waals surface area contributed by atoms with Crippen LogP contribution in [0.5, 0.6) is 0 Å². The van der Waals surface area contributed by atoms with Crippen LogP contribution in [0.15, 0.2) is 24.4 Å². The average Bonchev–Trinajstić information content (AvgIpc) is 2.88. The van der Waals surface area contributed by atoms with Gasteiger partial charge in [0.25, 0.3) is 5.91 Å². The van der Waals surface area contributed by atoms with E-state index in [0.29, 0.717) is 23.7 Å². The summed E-state index contributed by atoms with van der Waals surface area (Å²) in [5.41, 5.74) is 1.46. The number of fused-ring (bicyclic) bond motifs is 1. The molecule has 22 heavy (non-hydrogen) atoms. The van der Waals surface area contributed by atoms with Crippen LogP contribution < -0.4 is 5.32 Å². The molecule has 3 rings (SSSR count). The number of piperidine rings is 1. The minimum Gasteiger partial charge on any atom is -0.360 e. The summed E-state index contributed by atoms with van der Waals surface area (Å²) in [6.07, 6.45) is 3.30. The number of nitrogens with one attached hydrogen (secondary N) is 2. The summed E-state index contributed by atoms with van der Waals surface area (Å²) in [4.78, 5) is 28.5. The lowest BCUT2D eigenvalue weighted by molar-refractivity contribution is -0.129. The van der Waals surface area contributed by atoms with Gasteiger partial charge in [-0.15, -0.1) is 0 Å². The number of aromatic nitrogens is 1. The Bertz CT molecular complexity index is 717. The molecule has 0 radical (unpaired) electrons. The van der Waals surface area contributed by atoms with Crippen molar-refractivity contribution in [2.24, 2.45) is 0 Å². The zero-order valence-electron chi connectivity index (χ0n) is 12.4. The molecule has 1 aliphatic heterocycles. The number of nitrogens with zero attached hydrogens (tertiary/aromatic N) is 1. The highest BCUT2D eigenvalue weighted by Crippen LogP contribution is 2.23. The normalized spacial score (nSPS) is 16.0. The van der Waals surface area contributed by atoms with Crippen LogP contribution in [-0.2, 0) is 4.79 Å². The molecule has 0 unspecified atom stereocenters. The third-order valence-electron chi connectivity index (χ3n) is 4.17. The molecule has 2 heterocycles. The fraction of sp³-hybridized carbons (Fsp3) is 0.375. The highest BCUT2D eigenvalue weighted by Gasteiger charge is 2.22. The van der Waals surface area contributed by atoms with Crippen molar-refractivity contribution in [2.75, 3.05) is 13.1 Å². The molecular weight excluding hydrogens is 302 g/mol. The molecule has 2 amide bonds. The van der Waals surface area contributed by atoms with E-state index in [0.717, 1.165) is 23.7 Å². The smallest absolute Gasteiger partial charge is 0.251 e. The lowest BCUT2D eigenvalue weighted by atomic mass is 10.0. The van der Waals surface area contributed by atoms with Crippen LogP contribution in [0.25, 0.3) is 10.9 Å². The number of carbonyl (C=O) groups is 2. The van der Waals surface area contributed by atoms with E-state index in [4.69, 9.17) is 11.6 Å². The number of halogens is 1. The molecule has 1 aromatic carbocycles. The van der Waals surface area contributed by atoms with Gasteiger partial charge < -0.3 is 15.2 Å². The summed E-state index contributed by atoms with van der Waals surface area (Å²) in [5, 5.41) is 4.60. The molecule has 0 atom stereocenters. The second kappa shape index (κ2) is 6.01. The zero-order chi connectivity index (χ0) is 15.7. The Labute approximate surface area is 133 Å². The van der Waals surface area contributed by atoms with Crippen LogP contribution in [0.1, 0.15) is 30.1 Å². The molecule has 116 valence electrons. The van der Waals surface area contributed by atoms with Gasteiger partial charge in [-0.1, -0.05) is 17.7 Å². The first-order chi connectivity index (χ1) is 10.5. The fourth-order valence-electron chi connectivity index (χ4n) is 2.84. The van der Waals surface area contributed by atoms with Crippen LogP contribution in [0.3, 0.4) is 0 Å². The first-order valence-electron chi connectivity index (χ1n) is 7.37. The van der Waals surface area contributed by atoms with E-state index >= 15 is 0 Å². The Morgan fingerprint density at radius 3 is 2.73 bits per heavy atom. The van der Waals surface area contributed by atoms with E-state index in [1.165, 1.54) is 0 Å². The molecular formula is C16H18ClN3O2. The maximum absolute atomic E-state index is 12.3. The average molecular weight is 320 g/mol. The lowest BCUT2D eigenvalue weighted by Gasteiger charge is -2.31. The summed E-state index contributed by atoms with van der Waals surface area (Å²) < 4.78 is 0. The summed E-state index contributed by atoms with van der Waals surface area (Å²) in [6, 6.07) is 5.55. The van der Waals surface area contributed by atoms with Gasteiger partial charge in [-0.2, -0.15) is 0 Å². The molecule has 1 aliphatic rings. The Morgan fingerprint density at radius 2 is 2.05 bits per heavy atom. The monoisotopic (exact) mass is 319 g/mol. The Morgan fingerprint density at radius 1 is 1.32 bits per heavy atom. The van der Waals surface area contributed by atoms with Crippen LogP contribution in [0.4, 0.5) is 0 Å². The summed E-state index contributed by atoms with van der Waals surface area (Å²) in [5.74, 6) is 0.00718. The number of amides is 2. The van der Waals surface area contributed by atoms with Crippen molar-refractivity contribution in [3.05, 3.63) is 35.0 Å². The van der Waals surface area contributed by atoms with Gasteiger partial charge in [0, 0.05) is 48.7 Å². The van der Waals surface area contributed by atoms with E-state index < -0.39 is 0 Å². The van der Waals surface area contributed by atoms with Crippen molar-refractivity contribution in [2.45, 2.75) is 25.8 Å². The van der Waals surface area contributed by atoms with Gasteiger partial charge in [0.05, 0.1) is 5.02 Å². The zero-order valence-corrected chi connectivity index (χ0v) is 13.1. The predicted octanol–water partition coefficient (Wildman–Crippen LogP) is 2.56. The molecule has 1 fully saturated rings. The molecule has 2 aromatic rings.